The van der Waals surface area contributed by atoms with E-state index in [9.17, 15) is 19.6 Å². The van der Waals surface area contributed by atoms with Gasteiger partial charge in [0.15, 0.2) is 18.0 Å². The van der Waals surface area contributed by atoms with E-state index in [4.69, 9.17) is 34.2 Å². The molecule has 46 heavy (non-hydrogen) atoms. The summed E-state index contributed by atoms with van der Waals surface area (Å²) in [6.07, 6.45) is -1.53. The second-order valence-electron chi connectivity index (χ2n) is 13.6. The van der Waals surface area contributed by atoms with Gasteiger partial charge in [-0.2, -0.15) is 10.4 Å². The Kier molecular flexibility index (Phi) is 10.6. The second-order valence-corrected chi connectivity index (χ2v) is 13.6. The van der Waals surface area contributed by atoms with Crippen molar-refractivity contribution in [3.8, 4) is 6.07 Å². The molecule has 4 heterocycles. The van der Waals surface area contributed by atoms with Crippen LogP contribution in [0.3, 0.4) is 0 Å². The number of fused-ring (bicyclic) bond motifs is 1. The summed E-state index contributed by atoms with van der Waals surface area (Å²) in [7, 11) is 0. The minimum atomic E-state index is -1.94. The molecule has 0 aromatic carbocycles. The molecule has 0 bridgehead atoms. The van der Waals surface area contributed by atoms with Gasteiger partial charge < -0.3 is 34.2 Å². The summed E-state index contributed by atoms with van der Waals surface area (Å²) in [5.74, 6) is -1.50. The summed E-state index contributed by atoms with van der Waals surface area (Å²) in [6.45, 7) is 12.1. The van der Waals surface area contributed by atoms with Gasteiger partial charge in [-0.05, 0) is 60.6 Å². The summed E-state index contributed by atoms with van der Waals surface area (Å²) in [5.41, 5.74) is 3.05. The van der Waals surface area contributed by atoms with E-state index in [2.05, 4.69) is 21.5 Å². The van der Waals surface area contributed by atoms with Crippen molar-refractivity contribution in [2.24, 2.45) is 10.8 Å². The Morgan fingerprint density at radius 2 is 1.76 bits per heavy atom. The molecular formula is C31H44N6O9. The van der Waals surface area contributed by atoms with Gasteiger partial charge in [-0.3, -0.25) is 19.7 Å². The molecule has 2 fully saturated rings. The van der Waals surface area contributed by atoms with Gasteiger partial charge in [0.05, 0.1) is 43.1 Å². The smallest absolute Gasteiger partial charge is 0.323 e. The monoisotopic (exact) mass is 644 g/mol. The number of carbonyl (C=O) groups is 3. The number of nitrogens with two attached hydrogens (primary N) is 1. The minimum Gasteiger partial charge on any atom is -0.461 e. The quantitative estimate of drug-likeness (QED) is 0.165. The number of nitrogen functional groups attached to an aromatic ring is 1. The maximum Gasteiger partial charge on any atom is 0.323 e. The van der Waals surface area contributed by atoms with E-state index in [1.807, 2.05) is 0 Å². The zero-order chi connectivity index (χ0) is 33.9. The average Bonchev–Trinajstić information content (AvgIpc) is 3.55. The summed E-state index contributed by atoms with van der Waals surface area (Å²) >= 11 is 0. The molecule has 0 saturated carbocycles. The van der Waals surface area contributed by atoms with Crippen molar-refractivity contribution in [1.82, 2.24) is 19.9 Å². The third-order valence-electron chi connectivity index (χ3n) is 7.70. The number of aromatic nitrogens is 3. The summed E-state index contributed by atoms with van der Waals surface area (Å²) < 4.78 is 36.5. The van der Waals surface area contributed by atoms with Crippen molar-refractivity contribution in [1.29, 1.82) is 5.26 Å². The molecule has 4 rings (SSSR count). The van der Waals surface area contributed by atoms with Gasteiger partial charge in [-0.15, -0.1) is 0 Å². The van der Waals surface area contributed by atoms with Crippen LogP contribution in [0, 0.1) is 22.2 Å². The first-order chi connectivity index (χ1) is 21.6. The topological polar surface area (TPSA) is 199 Å². The Balaban J connectivity index is 1.62. The first-order valence-electron chi connectivity index (χ1n) is 15.3. The van der Waals surface area contributed by atoms with E-state index in [-0.39, 0.29) is 18.7 Å². The molecule has 0 radical (unpaired) electrons. The van der Waals surface area contributed by atoms with Crippen LogP contribution in [0.5, 0.6) is 0 Å². The van der Waals surface area contributed by atoms with E-state index in [0.29, 0.717) is 37.3 Å². The Hall–Kier alpha value is -3.84. The molecule has 0 amide bonds. The van der Waals surface area contributed by atoms with Crippen LogP contribution in [0.2, 0.25) is 0 Å². The summed E-state index contributed by atoms with van der Waals surface area (Å²) in [6, 6.07) is 4.74. The highest BCUT2D eigenvalue weighted by Gasteiger charge is 2.62. The summed E-state index contributed by atoms with van der Waals surface area (Å²) in [4.78, 5) is 43.2. The molecule has 0 spiro atoms. The minimum absolute atomic E-state index is 0.175. The van der Waals surface area contributed by atoms with Crippen LogP contribution in [0.1, 0.15) is 73.1 Å². The maximum atomic E-state index is 13.3. The number of nitrogens with zero attached hydrogens (tertiary/aromatic N) is 4. The Morgan fingerprint density at radius 3 is 2.39 bits per heavy atom. The highest BCUT2D eigenvalue weighted by Crippen LogP contribution is 2.45. The molecule has 2 saturated heterocycles. The molecule has 2 aliphatic heterocycles. The van der Waals surface area contributed by atoms with Crippen molar-refractivity contribution >= 4 is 29.2 Å². The van der Waals surface area contributed by atoms with Gasteiger partial charge in [0.25, 0.3) is 0 Å². The number of hydrogen-bond donors (Lipinski definition) is 2. The molecule has 15 heteroatoms. The predicted octanol–water partition coefficient (Wildman–Crippen LogP) is 2.24. The normalized spacial score (nSPS) is 24.7. The van der Waals surface area contributed by atoms with Crippen molar-refractivity contribution in [3.05, 3.63) is 24.2 Å². The van der Waals surface area contributed by atoms with Crippen LogP contribution in [0.25, 0.3) is 5.52 Å². The number of nitriles is 1. The van der Waals surface area contributed by atoms with Gasteiger partial charge >= 0.3 is 17.9 Å². The van der Waals surface area contributed by atoms with Gasteiger partial charge in [0, 0.05) is 12.8 Å². The molecule has 0 aliphatic carbocycles. The molecule has 15 nitrogen and oxygen atoms in total. The van der Waals surface area contributed by atoms with Crippen LogP contribution >= 0.6 is 0 Å². The number of nitrogens with one attached hydrogen (secondary N) is 1. The third kappa shape index (κ3) is 7.75. The van der Waals surface area contributed by atoms with Gasteiger partial charge in [0.2, 0.25) is 5.60 Å². The van der Waals surface area contributed by atoms with Crippen LogP contribution in [0.15, 0.2) is 18.5 Å². The first kappa shape index (κ1) is 35.0. The Labute approximate surface area is 268 Å². The van der Waals surface area contributed by atoms with E-state index in [1.54, 1.807) is 60.6 Å². The van der Waals surface area contributed by atoms with Crippen molar-refractivity contribution in [2.75, 3.05) is 32.3 Å². The average molecular weight is 645 g/mol. The van der Waals surface area contributed by atoms with Gasteiger partial charge in [-0.1, -0.05) is 0 Å². The Bertz CT molecular complexity index is 1450. The van der Waals surface area contributed by atoms with Crippen LogP contribution < -0.4 is 11.1 Å². The highest BCUT2D eigenvalue weighted by atomic mass is 16.7. The Morgan fingerprint density at radius 1 is 1.11 bits per heavy atom. The fourth-order valence-corrected chi connectivity index (χ4v) is 4.85. The van der Waals surface area contributed by atoms with Crippen LogP contribution in [-0.4, -0.2) is 89.0 Å². The summed E-state index contributed by atoms with van der Waals surface area (Å²) in [5, 5.41) is 17.8. The zero-order valence-electron chi connectivity index (χ0n) is 27.4. The van der Waals surface area contributed by atoms with Crippen molar-refractivity contribution in [3.63, 3.8) is 0 Å². The van der Waals surface area contributed by atoms with Crippen LogP contribution in [-0.2, 0) is 42.8 Å². The maximum absolute atomic E-state index is 13.3. The number of anilines is 1. The lowest BCUT2D eigenvalue weighted by Crippen LogP contribution is -2.51. The standard InChI is InChI=1S/C31H44N6O9/c1-18(26(38)43-19-10-12-41-13-11-19)35-17-42-15-31(14-32)24(45-28(40)30(5,6)7)23(44-27(39)29(2,3)4)22(46-31)20-8-9-21-25(33)34-16-36-37(20)21/h8-9,16,18-19,22-24,35H,10-13,15,17H2,1-7H3,(H2,33,34,36)/t18-,22-,23-,24-,31+/m0/s1. The lowest BCUT2D eigenvalue weighted by atomic mass is 9.92. The van der Waals surface area contributed by atoms with E-state index < -0.39 is 65.3 Å². The number of ether oxygens (including phenoxy) is 6. The predicted molar refractivity (Wildman–Crippen MR) is 162 cm³/mol. The van der Waals surface area contributed by atoms with Gasteiger partial charge in [-0.25, -0.2) is 9.50 Å². The fourth-order valence-electron chi connectivity index (χ4n) is 4.85. The van der Waals surface area contributed by atoms with Crippen molar-refractivity contribution in [2.45, 2.75) is 97.4 Å². The molecule has 2 aromatic rings. The molecule has 5 atom stereocenters. The number of hydrogen-bond acceptors (Lipinski definition) is 14. The van der Waals surface area contributed by atoms with E-state index in [0.717, 1.165) is 0 Å². The molecule has 2 aliphatic rings. The molecule has 252 valence electrons. The molecule has 2 aromatic heterocycles. The zero-order valence-corrected chi connectivity index (χ0v) is 27.4. The largest absolute Gasteiger partial charge is 0.461 e. The van der Waals surface area contributed by atoms with Gasteiger partial charge in [0.1, 0.15) is 36.2 Å². The first-order valence-corrected chi connectivity index (χ1v) is 15.3. The number of rotatable bonds is 10. The third-order valence-corrected chi connectivity index (χ3v) is 7.70. The van der Waals surface area contributed by atoms with E-state index >= 15 is 0 Å². The SMILES string of the molecule is C[C@H](NCOC[C@@]1(C#N)O[C@@H](c2ccc3c(N)ncnn23)[C@H](OC(=O)C(C)(C)C)[C@@H]1OC(=O)C(C)(C)C)C(=O)OC1CCOCC1. The van der Waals surface area contributed by atoms with Crippen molar-refractivity contribution < 1.29 is 42.8 Å². The fraction of sp³-hybridized carbons (Fsp3) is 0.677. The number of carbonyl (C=O) groups excluding carboxylic acids is 3. The van der Waals surface area contributed by atoms with E-state index in [1.165, 1.54) is 10.8 Å². The second kappa shape index (κ2) is 13.9. The lowest BCUT2D eigenvalue weighted by Gasteiger charge is -2.32. The molecule has 0 unspecified atom stereocenters. The molecule has 3 N–H and O–H groups in total. The number of esters is 3. The van der Waals surface area contributed by atoms with Crippen LogP contribution in [0.4, 0.5) is 5.82 Å². The highest BCUT2D eigenvalue weighted by molar-refractivity contribution is 5.77. The lowest BCUT2D eigenvalue weighted by molar-refractivity contribution is -0.180. The molecular weight excluding hydrogens is 600 g/mol.